The second kappa shape index (κ2) is 5.26. The van der Waals surface area contributed by atoms with Gasteiger partial charge in [-0.3, -0.25) is 0 Å². The van der Waals surface area contributed by atoms with Gasteiger partial charge in [-0.2, -0.15) is 0 Å². The van der Waals surface area contributed by atoms with E-state index in [9.17, 15) is 0 Å². The Hall–Kier alpha value is -1.52. The number of benzene rings is 1. The fourth-order valence-corrected chi connectivity index (χ4v) is 1.38. The van der Waals surface area contributed by atoms with Crippen molar-refractivity contribution in [1.82, 2.24) is 0 Å². The average molecular weight is 184 g/mol. The Balaban J connectivity index is 0.000000461. The zero-order valence-corrected chi connectivity index (χ0v) is 9.04. The van der Waals surface area contributed by atoms with Crippen LogP contribution >= 0.6 is 0 Å². The molecule has 0 N–H and O–H groups in total. The van der Waals surface area contributed by atoms with Crippen LogP contribution in [0.5, 0.6) is 0 Å². The molecule has 0 saturated carbocycles. The molecule has 0 aromatic heterocycles. The highest BCUT2D eigenvalue weighted by molar-refractivity contribution is 5.75. The first-order valence-corrected chi connectivity index (χ1v) is 5.07. The van der Waals surface area contributed by atoms with E-state index in [1.807, 2.05) is 26.0 Å². The second-order valence-corrected chi connectivity index (χ2v) is 2.91. The van der Waals surface area contributed by atoms with E-state index < -0.39 is 0 Å². The molecular weight excluding hydrogens is 168 g/mol. The number of hydrogen-bond acceptors (Lipinski definition) is 0. The maximum atomic E-state index is 3.11. The Morgan fingerprint density at radius 2 is 1.79 bits per heavy atom. The van der Waals surface area contributed by atoms with Gasteiger partial charge in [0.15, 0.2) is 0 Å². The van der Waals surface area contributed by atoms with Crippen LogP contribution in [0.3, 0.4) is 0 Å². The fourth-order valence-electron chi connectivity index (χ4n) is 1.38. The molecule has 72 valence electrons. The van der Waals surface area contributed by atoms with Gasteiger partial charge in [0.05, 0.1) is 0 Å². The van der Waals surface area contributed by atoms with Crippen molar-refractivity contribution in [3.63, 3.8) is 0 Å². The zero-order valence-electron chi connectivity index (χ0n) is 9.04. The minimum Gasteiger partial charge on any atom is -0.120 e. The third kappa shape index (κ3) is 2.25. The van der Waals surface area contributed by atoms with Crippen LogP contribution in [0.25, 0.3) is 11.6 Å². The van der Waals surface area contributed by atoms with Gasteiger partial charge in [-0.25, -0.2) is 0 Å². The van der Waals surface area contributed by atoms with Gasteiger partial charge in [0, 0.05) is 0 Å². The van der Waals surface area contributed by atoms with E-state index in [4.69, 9.17) is 0 Å². The molecule has 0 heteroatoms. The Labute approximate surface area is 86.3 Å². The molecule has 0 radical (unpaired) electrons. The Morgan fingerprint density at radius 1 is 1.07 bits per heavy atom. The smallest absolute Gasteiger partial charge is 0.0104 e. The highest BCUT2D eigenvalue weighted by Gasteiger charge is 2.00. The molecule has 1 aliphatic carbocycles. The van der Waals surface area contributed by atoms with Gasteiger partial charge in [0.1, 0.15) is 0 Å². The van der Waals surface area contributed by atoms with Crippen LogP contribution in [0.15, 0.2) is 42.1 Å². The van der Waals surface area contributed by atoms with E-state index in [0.29, 0.717) is 0 Å². The van der Waals surface area contributed by atoms with Crippen molar-refractivity contribution in [1.29, 1.82) is 0 Å². The summed E-state index contributed by atoms with van der Waals surface area (Å²) in [4.78, 5) is 0. The first kappa shape index (κ1) is 10.6. The molecule has 2 rings (SSSR count). The van der Waals surface area contributed by atoms with Crippen molar-refractivity contribution in [3.05, 3.63) is 53.3 Å². The third-order valence-corrected chi connectivity index (χ3v) is 2.05. The summed E-state index contributed by atoms with van der Waals surface area (Å²) < 4.78 is 0. The molecular formula is C14H16. The van der Waals surface area contributed by atoms with Crippen molar-refractivity contribution in [2.45, 2.75) is 20.8 Å². The predicted molar refractivity (Wildman–Crippen MR) is 64.0 cm³/mol. The van der Waals surface area contributed by atoms with Gasteiger partial charge in [-0.05, 0) is 35.8 Å². The monoisotopic (exact) mass is 184 g/mol. The second-order valence-electron chi connectivity index (χ2n) is 2.91. The predicted octanol–water partition coefficient (Wildman–Crippen LogP) is 4.30. The third-order valence-electron chi connectivity index (χ3n) is 2.05. The number of allylic oxidation sites excluding steroid dienone is 3. The minimum atomic E-state index is 1.25. The molecule has 0 spiro atoms. The van der Waals surface area contributed by atoms with E-state index in [0.717, 1.165) is 0 Å². The number of rotatable bonds is 0. The van der Waals surface area contributed by atoms with E-state index in [1.54, 1.807) is 0 Å². The molecule has 0 bridgehead atoms. The van der Waals surface area contributed by atoms with Crippen LogP contribution in [0.4, 0.5) is 0 Å². The molecule has 0 saturated heterocycles. The Kier molecular flexibility index (Phi) is 3.97. The normalized spacial score (nSPS) is 12.1. The van der Waals surface area contributed by atoms with E-state index in [2.05, 4.69) is 43.0 Å². The van der Waals surface area contributed by atoms with Crippen LogP contribution in [-0.4, -0.2) is 0 Å². The van der Waals surface area contributed by atoms with Gasteiger partial charge >= 0.3 is 0 Å². The number of fused-ring (bicyclic) bond motifs is 1. The highest BCUT2D eigenvalue weighted by Crippen LogP contribution is 2.21. The molecule has 1 aliphatic rings. The van der Waals surface area contributed by atoms with Gasteiger partial charge in [0.25, 0.3) is 0 Å². The molecule has 14 heavy (non-hydrogen) atoms. The summed E-state index contributed by atoms with van der Waals surface area (Å²) >= 11 is 0. The molecule has 0 nitrogen and oxygen atoms in total. The molecule has 0 unspecified atom stereocenters. The van der Waals surface area contributed by atoms with Crippen LogP contribution in [0.1, 0.15) is 31.9 Å². The molecule has 1 aromatic carbocycles. The van der Waals surface area contributed by atoms with E-state index in [-0.39, 0.29) is 0 Å². The summed E-state index contributed by atoms with van der Waals surface area (Å²) in [6.07, 6.45) is 6.06. The topological polar surface area (TPSA) is 0 Å². The Bertz CT molecular complexity index is 388. The maximum absolute atomic E-state index is 3.11. The standard InChI is InChI=1S/C12H10.C2H6/c1-10-6-2-3-7-11-8-4-5-9-12(10)11;1-2/h2,4-9H,1H3;1-2H3. The Morgan fingerprint density at radius 3 is 2.57 bits per heavy atom. The van der Waals surface area contributed by atoms with Gasteiger partial charge < -0.3 is 0 Å². The van der Waals surface area contributed by atoms with Crippen molar-refractivity contribution < 1.29 is 0 Å². The van der Waals surface area contributed by atoms with Crippen LogP contribution in [0, 0.1) is 0 Å². The summed E-state index contributed by atoms with van der Waals surface area (Å²) in [5.41, 5.74) is 6.96. The molecule has 0 aliphatic heterocycles. The summed E-state index contributed by atoms with van der Waals surface area (Å²) in [5, 5.41) is 0. The SMILES string of the molecule is CC.CC1=CC=C=Cc2ccccc21. The van der Waals surface area contributed by atoms with Gasteiger partial charge in [-0.15, -0.1) is 5.73 Å². The lowest BCUT2D eigenvalue weighted by Crippen LogP contribution is -1.82. The van der Waals surface area contributed by atoms with Crippen molar-refractivity contribution >= 4 is 11.6 Å². The zero-order chi connectivity index (χ0) is 10.4. The maximum Gasteiger partial charge on any atom is -0.0104 e. The summed E-state index contributed by atoms with van der Waals surface area (Å²) in [5.74, 6) is 0. The van der Waals surface area contributed by atoms with E-state index >= 15 is 0 Å². The summed E-state index contributed by atoms with van der Waals surface area (Å²) in [6.45, 7) is 6.12. The molecule has 0 fully saturated rings. The lowest BCUT2D eigenvalue weighted by Gasteiger charge is -2.02. The quantitative estimate of drug-likeness (QED) is 0.527. The minimum absolute atomic E-state index is 1.25. The van der Waals surface area contributed by atoms with Gasteiger partial charge in [0.2, 0.25) is 0 Å². The first-order valence-electron chi connectivity index (χ1n) is 5.07. The molecule has 0 heterocycles. The number of hydrogen-bond donors (Lipinski definition) is 0. The largest absolute Gasteiger partial charge is 0.120 e. The average Bonchev–Trinajstić information content (AvgIpc) is 2.45. The van der Waals surface area contributed by atoms with Crippen molar-refractivity contribution in [2.24, 2.45) is 0 Å². The lowest BCUT2D eigenvalue weighted by molar-refractivity contribution is 1.50. The van der Waals surface area contributed by atoms with E-state index in [1.165, 1.54) is 16.7 Å². The van der Waals surface area contributed by atoms with Crippen LogP contribution in [-0.2, 0) is 0 Å². The van der Waals surface area contributed by atoms with Crippen LogP contribution in [0.2, 0.25) is 0 Å². The summed E-state index contributed by atoms with van der Waals surface area (Å²) in [6, 6.07) is 8.36. The summed E-state index contributed by atoms with van der Waals surface area (Å²) in [7, 11) is 0. The fraction of sp³-hybridized carbons (Fsp3) is 0.214. The van der Waals surface area contributed by atoms with Crippen LogP contribution < -0.4 is 0 Å². The lowest BCUT2D eigenvalue weighted by atomic mass is 10.0. The molecule has 0 amide bonds. The molecule has 0 atom stereocenters. The molecule has 1 aromatic rings. The van der Waals surface area contributed by atoms with Gasteiger partial charge in [-0.1, -0.05) is 44.2 Å². The first-order chi connectivity index (χ1) is 6.88. The highest BCUT2D eigenvalue weighted by atomic mass is 14.0. The van der Waals surface area contributed by atoms with Crippen molar-refractivity contribution in [3.8, 4) is 0 Å². The van der Waals surface area contributed by atoms with Crippen molar-refractivity contribution in [2.75, 3.05) is 0 Å².